The first-order valence-electron chi connectivity index (χ1n) is 10.6. The molecule has 1 aliphatic rings. The number of aromatic nitrogens is 3. The van der Waals surface area contributed by atoms with E-state index in [2.05, 4.69) is 29.1 Å². The summed E-state index contributed by atoms with van der Waals surface area (Å²) in [5, 5.41) is 3.53. The standard InChI is InChI=1S/C21H31N5O3S/c1-16(2)4-9-26(19(27)12-17-5-11-29-14-17)21-24-13-18(30-21)20(28)23-6-3-8-25-10-7-22-15-25/h7,10,13,15-17H,3-6,8-9,11-12,14H2,1-2H3,(H,23,28). The van der Waals surface area contributed by atoms with Crippen LogP contribution in [-0.2, 0) is 16.1 Å². The molecule has 2 aromatic heterocycles. The Morgan fingerprint density at radius 2 is 2.30 bits per heavy atom. The van der Waals surface area contributed by atoms with Gasteiger partial charge in [-0.2, -0.15) is 0 Å². The molecule has 1 unspecified atom stereocenters. The first-order valence-corrected chi connectivity index (χ1v) is 11.4. The molecule has 1 aliphatic heterocycles. The van der Waals surface area contributed by atoms with Crippen molar-refractivity contribution in [3.63, 3.8) is 0 Å². The fraction of sp³-hybridized carbons (Fsp3) is 0.619. The Labute approximate surface area is 181 Å². The third-order valence-electron chi connectivity index (χ3n) is 5.10. The van der Waals surface area contributed by atoms with Crippen LogP contribution >= 0.6 is 11.3 Å². The number of nitrogens with zero attached hydrogens (tertiary/aromatic N) is 4. The van der Waals surface area contributed by atoms with Gasteiger partial charge in [-0.3, -0.25) is 14.5 Å². The molecule has 3 heterocycles. The van der Waals surface area contributed by atoms with Crippen molar-refractivity contribution < 1.29 is 14.3 Å². The Morgan fingerprint density at radius 1 is 1.43 bits per heavy atom. The molecule has 0 saturated carbocycles. The van der Waals surface area contributed by atoms with Gasteiger partial charge in [-0.1, -0.05) is 25.2 Å². The minimum atomic E-state index is -0.148. The van der Waals surface area contributed by atoms with Crippen LogP contribution in [0.15, 0.2) is 24.9 Å². The second-order valence-electron chi connectivity index (χ2n) is 8.08. The number of carbonyl (C=O) groups excluding carboxylic acids is 2. The number of hydrogen-bond acceptors (Lipinski definition) is 6. The molecular formula is C21H31N5O3S. The predicted molar refractivity (Wildman–Crippen MR) is 117 cm³/mol. The molecule has 0 radical (unpaired) electrons. The highest BCUT2D eigenvalue weighted by Crippen LogP contribution is 2.26. The lowest BCUT2D eigenvalue weighted by Gasteiger charge is -2.22. The SMILES string of the molecule is CC(C)CCN(C(=O)CC1CCOC1)c1ncc(C(=O)NCCCn2ccnc2)s1. The minimum Gasteiger partial charge on any atom is -0.381 e. The molecule has 1 fully saturated rings. The summed E-state index contributed by atoms with van der Waals surface area (Å²) in [6.07, 6.45) is 10.1. The number of ether oxygens (including phenoxy) is 1. The van der Waals surface area contributed by atoms with Crippen LogP contribution in [0.3, 0.4) is 0 Å². The molecule has 0 spiro atoms. The lowest BCUT2D eigenvalue weighted by Crippen LogP contribution is -2.33. The molecular weight excluding hydrogens is 402 g/mol. The van der Waals surface area contributed by atoms with E-state index in [4.69, 9.17) is 4.74 Å². The van der Waals surface area contributed by atoms with Gasteiger partial charge in [-0.05, 0) is 31.1 Å². The number of hydrogen-bond donors (Lipinski definition) is 1. The average molecular weight is 434 g/mol. The third-order valence-corrected chi connectivity index (χ3v) is 6.12. The van der Waals surface area contributed by atoms with Crippen LogP contribution in [0.1, 0.15) is 49.2 Å². The van der Waals surface area contributed by atoms with Gasteiger partial charge in [0.25, 0.3) is 5.91 Å². The van der Waals surface area contributed by atoms with Gasteiger partial charge in [0.2, 0.25) is 5.91 Å². The van der Waals surface area contributed by atoms with Gasteiger partial charge in [0, 0.05) is 51.7 Å². The second kappa shape index (κ2) is 11.2. The van der Waals surface area contributed by atoms with E-state index in [9.17, 15) is 9.59 Å². The van der Waals surface area contributed by atoms with E-state index in [1.54, 1.807) is 23.6 Å². The van der Waals surface area contributed by atoms with E-state index in [0.29, 0.717) is 42.0 Å². The van der Waals surface area contributed by atoms with Gasteiger partial charge >= 0.3 is 0 Å². The van der Waals surface area contributed by atoms with Crippen molar-refractivity contribution in [1.29, 1.82) is 0 Å². The summed E-state index contributed by atoms with van der Waals surface area (Å²) in [4.78, 5) is 36.1. The molecule has 2 amide bonds. The van der Waals surface area contributed by atoms with E-state index >= 15 is 0 Å². The maximum Gasteiger partial charge on any atom is 0.263 e. The molecule has 9 heteroatoms. The summed E-state index contributed by atoms with van der Waals surface area (Å²) in [7, 11) is 0. The molecule has 3 rings (SSSR count). The Kier molecular flexibility index (Phi) is 8.39. The quantitative estimate of drug-likeness (QED) is 0.550. The molecule has 0 aromatic carbocycles. The average Bonchev–Trinajstić information content (AvgIpc) is 3.47. The number of amides is 2. The van der Waals surface area contributed by atoms with E-state index in [1.807, 2.05) is 10.8 Å². The Balaban J connectivity index is 1.55. The normalized spacial score (nSPS) is 16.2. The van der Waals surface area contributed by atoms with Crippen molar-refractivity contribution in [2.45, 2.75) is 46.1 Å². The van der Waals surface area contributed by atoms with Crippen LogP contribution in [0.4, 0.5) is 5.13 Å². The summed E-state index contributed by atoms with van der Waals surface area (Å²) in [5.41, 5.74) is 0. The van der Waals surface area contributed by atoms with Gasteiger partial charge in [-0.15, -0.1) is 0 Å². The molecule has 8 nitrogen and oxygen atoms in total. The van der Waals surface area contributed by atoms with E-state index in [-0.39, 0.29) is 17.7 Å². The van der Waals surface area contributed by atoms with Crippen LogP contribution in [0, 0.1) is 11.8 Å². The van der Waals surface area contributed by atoms with Crippen molar-refractivity contribution >= 4 is 28.3 Å². The Hall–Kier alpha value is -2.26. The first kappa shape index (κ1) is 22.4. The fourth-order valence-corrected chi connectivity index (χ4v) is 4.16. The Bertz CT molecular complexity index is 799. The number of thiazole rings is 1. The van der Waals surface area contributed by atoms with Crippen molar-refractivity contribution in [2.24, 2.45) is 11.8 Å². The molecule has 164 valence electrons. The summed E-state index contributed by atoms with van der Waals surface area (Å²) in [5.74, 6) is 0.670. The number of anilines is 1. The summed E-state index contributed by atoms with van der Waals surface area (Å²) < 4.78 is 7.38. The lowest BCUT2D eigenvalue weighted by atomic mass is 10.0. The number of rotatable bonds is 11. The molecule has 1 saturated heterocycles. The van der Waals surface area contributed by atoms with Crippen molar-refractivity contribution in [1.82, 2.24) is 19.9 Å². The molecule has 2 aromatic rings. The highest BCUT2D eigenvalue weighted by molar-refractivity contribution is 7.17. The molecule has 30 heavy (non-hydrogen) atoms. The van der Waals surface area contributed by atoms with Crippen molar-refractivity contribution in [3.05, 3.63) is 29.8 Å². The van der Waals surface area contributed by atoms with Crippen LogP contribution < -0.4 is 10.2 Å². The second-order valence-corrected chi connectivity index (χ2v) is 9.09. The maximum absolute atomic E-state index is 12.9. The molecule has 1 atom stereocenters. The number of imidazole rings is 1. The predicted octanol–water partition coefficient (Wildman–Crippen LogP) is 2.97. The van der Waals surface area contributed by atoms with E-state index < -0.39 is 0 Å². The number of aryl methyl sites for hydroxylation is 1. The highest BCUT2D eigenvalue weighted by Gasteiger charge is 2.26. The van der Waals surface area contributed by atoms with Crippen molar-refractivity contribution in [3.8, 4) is 0 Å². The summed E-state index contributed by atoms with van der Waals surface area (Å²) in [6.45, 7) is 7.64. The topological polar surface area (TPSA) is 89.4 Å². The zero-order valence-electron chi connectivity index (χ0n) is 17.7. The number of carbonyl (C=O) groups is 2. The van der Waals surface area contributed by atoms with Gasteiger partial charge in [-0.25, -0.2) is 9.97 Å². The molecule has 0 bridgehead atoms. The van der Waals surface area contributed by atoms with Crippen LogP contribution in [0.2, 0.25) is 0 Å². The smallest absolute Gasteiger partial charge is 0.263 e. The summed E-state index contributed by atoms with van der Waals surface area (Å²) in [6, 6.07) is 0. The zero-order valence-corrected chi connectivity index (χ0v) is 18.6. The van der Waals surface area contributed by atoms with Gasteiger partial charge < -0.3 is 14.6 Å². The van der Waals surface area contributed by atoms with Gasteiger partial charge in [0.05, 0.1) is 12.5 Å². The van der Waals surface area contributed by atoms with E-state index in [0.717, 1.165) is 32.4 Å². The first-order chi connectivity index (χ1) is 14.5. The van der Waals surface area contributed by atoms with Crippen molar-refractivity contribution in [2.75, 3.05) is 31.2 Å². The minimum absolute atomic E-state index is 0.0628. The van der Waals surface area contributed by atoms with Crippen LogP contribution in [-0.4, -0.2) is 52.7 Å². The lowest BCUT2D eigenvalue weighted by molar-refractivity contribution is -0.119. The van der Waals surface area contributed by atoms with Crippen LogP contribution in [0.25, 0.3) is 0 Å². The number of nitrogens with one attached hydrogen (secondary N) is 1. The Morgan fingerprint density at radius 3 is 3.00 bits per heavy atom. The highest BCUT2D eigenvalue weighted by atomic mass is 32.1. The fourth-order valence-electron chi connectivity index (χ4n) is 3.28. The molecule has 1 N–H and O–H groups in total. The van der Waals surface area contributed by atoms with E-state index in [1.165, 1.54) is 11.3 Å². The van der Waals surface area contributed by atoms with Gasteiger partial charge in [0.15, 0.2) is 5.13 Å². The van der Waals surface area contributed by atoms with Crippen LogP contribution in [0.5, 0.6) is 0 Å². The monoisotopic (exact) mass is 433 g/mol. The zero-order chi connectivity index (χ0) is 21.3. The largest absolute Gasteiger partial charge is 0.381 e. The van der Waals surface area contributed by atoms with Gasteiger partial charge in [0.1, 0.15) is 4.88 Å². The maximum atomic E-state index is 12.9. The molecule has 0 aliphatic carbocycles. The summed E-state index contributed by atoms with van der Waals surface area (Å²) >= 11 is 1.28. The third kappa shape index (κ3) is 6.63.